The predicted molar refractivity (Wildman–Crippen MR) is 103 cm³/mol. The highest BCUT2D eigenvalue weighted by Crippen LogP contribution is 2.38. The van der Waals surface area contributed by atoms with Crippen LogP contribution in [0.2, 0.25) is 5.02 Å². The lowest BCUT2D eigenvalue weighted by Crippen LogP contribution is -2.30. The maximum absolute atomic E-state index is 12.4. The molecule has 1 aliphatic heterocycles. The second kappa shape index (κ2) is 8.10. The monoisotopic (exact) mass is 407 g/mol. The van der Waals surface area contributed by atoms with E-state index < -0.39 is 18.0 Å². The van der Waals surface area contributed by atoms with Gasteiger partial charge < -0.3 is 19.5 Å². The largest absolute Gasteiger partial charge is 0.486 e. The predicted octanol–water partition coefficient (Wildman–Crippen LogP) is 2.57. The summed E-state index contributed by atoms with van der Waals surface area (Å²) in [4.78, 5) is 24.6. The van der Waals surface area contributed by atoms with E-state index >= 15 is 0 Å². The number of halogens is 1. The molecule has 1 amide bonds. The van der Waals surface area contributed by atoms with E-state index in [0.29, 0.717) is 46.7 Å². The van der Waals surface area contributed by atoms with E-state index in [1.54, 1.807) is 30.8 Å². The van der Waals surface area contributed by atoms with Crippen molar-refractivity contribution < 1.29 is 23.8 Å². The van der Waals surface area contributed by atoms with Crippen LogP contribution in [0, 0.1) is 13.8 Å². The van der Waals surface area contributed by atoms with Crippen molar-refractivity contribution in [1.82, 2.24) is 9.78 Å². The van der Waals surface area contributed by atoms with Crippen LogP contribution in [0.25, 0.3) is 0 Å². The molecule has 0 aliphatic carbocycles. The van der Waals surface area contributed by atoms with Crippen LogP contribution in [0.4, 0.5) is 5.69 Å². The second-order valence-electron chi connectivity index (χ2n) is 6.57. The molecule has 8 nitrogen and oxygen atoms in total. The summed E-state index contributed by atoms with van der Waals surface area (Å²) in [5.74, 6) is -0.00218. The molecule has 2 aromatic rings. The zero-order valence-electron chi connectivity index (χ0n) is 16.2. The zero-order valence-corrected chi connectivity index (χ0v) is 16.9. The summed E-state index contributed by atoms with van der Waals surface area (Å²) in [5, 5.41) is 7.37. The number of anilines is 1. The molecule has 1 aromatic heterocycles. The van der Waals surface area contributed by atoms with E-state index in [4.69, 9.17) is 25.8 Å². The lowest BCUT2D eigenvalue weighted by Gasteiger charge is -2.20. The standard InChI is InChI=1S/C19H22ClN3O5/c1-10-17(11(2)23(4)22-10)21-19(25)12(3)28-16(24)9-13-7-14(20)18-15(8-13)26-5-6-27-18/h7-8,12H,5-6,9H2,1-4H3,(H,21,25). The maximum Gasteiger partial charge on any atom is 0.311 e. The molecule has 1 aromatic carbocycles. The molecule has 0 saturated carbocycles. The smallest absolute Gasteiger partial charge is 0.311 e. The number of nitrogens with one attached hydrogen (secondary N) is 1. The number of carbonyl (C=O) groups excluding carboxylic acids is 2. The summed E-state index contributed by atoms with van der Waals surface area (Å²) in [6.45, 7) is 6.01. The van der Waals surface area contributed by atoms with Crippen LogP contribution >= 0.6 is 11.6 Å². The Morgan fingerprint density at radius 2 is 2.04 bits per heavy atom. The van der Waals surface area contributed by atoms with Crippen molar-refractivity contribution in [2.45, 2.75) is 33.3 Å². The van der Waals surface area contributed by atoms with E-state index in [1.807, 2.05) is 6.92 Å². The normalized spacial score (nSPS) is 13.8. The van der Waals surface area contributed by atoms with E-state index in [9.17, 15) is 9.59 Å². The van der Waals surface area contributed by atoms with Gasteiger partial charge in [0.05, 0.1) is 28.5 Å². The van der Waals surface area contributed by atoms with Gasteiger partial charge in [0.15, 0.2) is 17.6 Å². The lowest BCUT2D eigenvalue weighted by atomic mass is 10.1. The number of ether oxygens (including phenoxy) is 3. The van der Waals surface area contributed by atoms with Gasteiger partial charge in [0.1, 0.15) is 13.2 Å². The Kier molecular flexibility index (Phi) is 5.79. The second-order valence-corrected chi connectivity index (χ2v) is 6.98. The first-order valence-corrected chi connectivity index (χ1v) is 9.22. The summed E-state index contributed by atoms with van der Waals surface area (Å²) in [6, 6.07) is 3.32. The van der Waals surface area contributed by atoms with Gasteiger partial charge in [0, 0.05) is 7.05 Å². The number of hydrogen-bond acceptors (Lipinski definition) is 6. The number of rotatable bonds is 5. The van der Waals surface area contributed by atoms with Crippen LogP contribution in [-0.2, 0) is 27.8 Å². The fourth-order valence-electron chi connectivity index (χ4n) is 2.90. The highest BCUT2D eigenvalue weighted by molar-refractivity contribution is 6.32. The topological polar surface area (TPSA) is 91.7 Å². The van der Waals surface area contributed by atoms with E-state index in [2.05, 4.69) is 10.4 Å². The summed E-state index contributed by atoms with van der Waals surface area (Å²) >= 11 is 6.18. The van der Waals surface area contributed by atoms with Crippen LogP contribution in [0.3, 0.4) is 0 Å². The minimum absolute atomic E-state index is 0.0427. The fraction of sp³-hybridized carbons (Fsp3) is 0.421. The molecule has 1 atom stereocenters. The van der Waals surface area contributed by atoms with Crippen molar-refractivity contribution >= 4 is 29.2 Å². The summed E-state index contributed by atoms with van der Waals surface area (Å²) in [6.07, 6.45) is -1.00. The average molecular weight is 408 g/mol. The van der Waals surface area contributed by atoms with Gasteiger partial charge >= 0.3 is 5.97 Å². The number of aryl methyl sites for hydroxylation is 2. The highest BCUT2D eigenvalue weighted by atomic mass is 35.5. The molecule has 0 fully saturated rings. The molecule has 3 rings (SSSR count). The van der Waals surface area contributed by atoms with Gasteiger partial charge in [-0.1, -0.05) is 11.6 Å². The van der Waals surface area contributed by atoms with Crippen molar-refractivity contribution in [2.24, 2.45) is 7.05 Å². The van der Waals surface area contributed by atoms with Gasteiger partial charge in [-0.25, -0.2) is 0 Å². The number of benzene rings is 1. The maximum atomic E-state index is 12.4. The number of esters is 1. The molecule has 2 heterocycles. The van der Waals surface area contributed by atoms with Crippen LogP contribution in [0.15, 0.2) is 12.1 Å². The minimum Gasteiger partial charge on any atom is -0.486 e. The first kappa shape index (κ1) is 20.0. The summed E-state index contributed by atoms with van der Waals surface area (Å²) < 4.78 is 17.9. The molecule has 0 saturated heterocycles. The Balaban J connectivity index is 1.61. The molecule has 28 heavy (non-hydrogen) atoms. The van der Waals surface area contributed by atoms with Gasteiger partial charge in [0.2, 0.25) is 0 Å². The van der Waals surface area contributed by atoms with Crippen molar-refractivity contribution in [3.63, 3.8) is 0 Å². The quantitative estimate of drug-likeness (QED) is 0.766. The number of carbonyl (C=O) groups is 2. The average Bonchev–Trinajstić information content (AvgIpc) is 2.87. The van der Waals surface area contributed by atoms with Crippen molar-refractivity contribution in [3.8, 4) is 11.5 Å². The van der Waals surface area contributed by atoms with E-state index in [0.717, 1.165) is 5.69 Å². The third-order valence-electron chi connectivity index (χ3n) is 4.44. The highest BCUT2D eigenvalue weighted by Gasteiger charge is 2.22. The van der Waals surface area contributed by atoms with Gasteiger partial charge in [-0.15, -0.1) is 0 Å². The third kappa shape index (κ3) is 4.22. The fourth-order valence-corrected chi connectivity index (χ4v) is 3.19. The zero-order chi connectivity index (χ0) is 20.4. The number of aromatic nitrogens is 2. The Bertz CT molecular complexity index is 925. The first-order valence-electron chi connectivity index (χ1n) is 8.84. The van der Waals surface area contributed by atoms with E-state index in [-0.39, 0.29) is 6.42 Å². The molecule has 1 N–H and O–H groups in total. The minimum atomic E-state index is -0.959. The van der Waals surface area contributed by atoms with Crippen molar-refractivity contribution in [2.75, 3.05) is 18.5 Å². The molecule has 1 unspecified atom stereocenters. The van der Waals surface area contributed by atoms with Gasteiger partial charge in [0.25, 0.3) is 5.91 Å². The molecular formula is C19H22ClN3O5. The van der Waals surface area contributed by atoms with Gasteiger partial charge in [-0.3, -0.25) is 14.3 Å². The van der Waals surface area contributed by atoms with E-state index in [1.165, 1.54) is 6.92 Å². The van der Waals surface area contributed by atoms with Crippen LogP contribution in [0.5, 0.6) is 11.5 Å². The lowest BCUT2D eigenvalue weighted by molar-refractivity contribution is -0.152. The van der Waals surface area contributed by atoms with Crippen molar-refractivity contribution in [3.05, 3.63) is 34.1 Å². The molecule has 1 aliphatic rings. The van der Waals surface area contributed by atoms with Gasteiger partial charge in [-0.05, 0) is 38.5 Å². The summed E-state index contributed by atoms with van der Waals surface area (Å²) in [7, 11) is 1.79. The van der Waals surface area contributed by atoms with Crippen LogP contribution in [0.1, 0.15) is 23.9 Å². The number of fused-ring (bicyclic) bond motifs is 1. The Morgan fingerprint density at radius 3 is 2.71 bits per heavy atom. The van der Waals surface area contributed by atoms with Crippen LogP contribution < -0.4 is 14.8 Å². The number of hydrogen-bond donors (Lipinski definition) is 1. The van der Waals surface area contributed by atoms with Crippen LogP contribution in [-0.4, -0.2) is 41.0 Å². The molecule has 0 spiro atoms. The number of amides is 1. The third-order valence-corrected chi connectivity index (χ3v) is 4.72. The van der Waals surface area contributed by atoms with Gasteiger partial charge in [-0.2, -0.15) is 5.10 Å². The first-order chi connectivity index (χ1) is 13.3. The molecule has 150 valence electrons. The van der Waals surface area contributed by atoms with Crippen molar-refractivity contribution in [1.29, 1.82) is 0 Å². The Labute approximate surface area is 167 Å². The molecule has 0 bridgehead atoms. The molecular weight excluding hydrogens is 386 g/mol. The summed E-state index contributed by atoms with van der Waals surface area (Å²) in [5.41, 5.74) is 2.74. The molecule has 9 heteroatoms. The molecule has 0 radical (unpaired) electrons. The Hall–Kier alpha value is -2.74. The number of nitrogens with zero attached hydrogens (tertiary/aromatic N) is 2. The Morgan fingerprint density at radius 1 is 1.32 bits per heavy atom. The SMILES string of the molecule is Cc1nn(C)c(C)c1NC(=O)C(C)OC(=O)Cc1cc(Cl)c2c(c1)OCCO2.